The zero-order chi connectivity index (χ0) is 30.6. The molecule has 9 rings (SSSR count). The lowest BCUT2D eigenvalue weighted by atomic mass is 9.98. The molecule has 0 radical (unpaired) electrons. The van der Waals surface area contributed by atoms with Crippen LogP contribution >= 0.6 is 23.4 Å². The topological polar surface area (TPSA) is 43.6 Å². The Bertz CT molecular complexity index is 2380. The number of rotatable bonds is 4. The van der Waals surface area contributed by atoms with Gasteiger partial charge in [0.2, 0.25) is 5.95 Å². The van der Waals surface area contributed by atoms with Crippen LogP contribution in [-0.2, 0) is 6.42 Å². The van der Waals surface area contributed by atoms with Crippen LogP contribution in [0.1, 0.15) is 11.1 Å². The molecule has 0 saturated carbocycles. The molecule has 4 nitrogen and oxygen atoms in total. The van der Waals surface area contributed by atoms with E-state index in [1.807, 2.05) is 72.8 Å². The minimum absolute atomic E-state index is 0.592. The summed E-state index contributed by atoms with van der Waals surface area (Å²) < 4.78 is 2.17. The molecule has 0 aliphatic carbocycles. The van der Waals surface area contributed by atoms with Crippen LogP contribution in [0.5, 0.6) is 0 Å². The minimum atomic E-state index is 0.592. The highest BCUT2D eigenvalue weighted by atomic mass is 35.5. The Kier molecular flexibility index (Phi) is 6.47. The maximum atomic E-state index is 6.54. The maximum Gasteiger partial charge on any atom is 0.238 e. The van der Waals surface area contributed by atoms with Gasteiger partial charge >= 0.3 is 0 Å². The fraction of sp³-hybridized carbons (Fsp3) is 0.0250. The molecule has 218 valence electrons. The van der Waals surface area contributed by atoms with E-state index in [1.54, 1.807) is 11.8 Å². The summed E-state index contributed by atoms with van der Waals surface area (Å²) in [4.78, 5) is 17.5. The first-order chi connectivity index (χ1) is 22.7. The molecular weight excluding hydrogens is 604 g/mol. The Morgan fingerprint density at radius 3 is 1.93 bits per heavy atom. The molecule has 1 aliphatic rings. The van der Waals surface area contributed by atoms with Gasteiger partial charge in [-0.25, -0.2) is 4.98 Å². The number of benzene rings is 6. The van der Waals surface area contributed by atoms with Crippen molar-refractivity contribution in [3.63, 3.8) is 0 Å². The number of halogens is 1. The molecule has 0 N–H and O–H groups in total. The molecule has 0 bridgehead atoms. The smallest absolute Gasteiger partial charge is 0.238 e. The van der Waals surface area contributed by atoms with Crippen molar-refractivity contribution in [2.45, 2.75) is 16.2 Å². The van der Waals surface area contributed by atoms with Gasteiger partial charge in [-0.05, 0) is 58.7 Å². The second-order valence-corrected chi connectivity index (χ2v) is 12.9. The normalized spacial score (nSPS) is 12.3. The SMILES string of the molecule is Clc1cccc2c1Cc1ccc(-c3ccc4c(c3)c3ccccc3n4-c3nc(-c4ccccc4)nc(-c4ccccc4)n3)cc1S2. The molecule has 1 aliphatic heterocycles. The quantitative estimate of drug-likeness (QED) is 0.194. The number of aromatic nitrogens is 4. The number of para-hydroxylation sites is 1. The zero-order valence-electron chi connectivity index (χ0n) is 24.6. The van der Waals surface area contributed by atoms with Gasteiger partial charge < -0.3 is 0 Å². The lowest BCUT2D eigenvalue weighted by molar-refractivity contribution is 0.953. The zero-order valence-corrected chi connectivity index (χ0v) is 26.1. The lowest BCUT2D eigenvalue weighted by Gasteiger charge is -2.20. The molecule has 3 heterocycles. The van der Waals surface area contributed by atoms with Gasteiger partial charge in [-0.1, -0.05) is 126 Å². The van der Waals surface area contributed by atoms with Gasteiger partial charge in [-0.15, -0.1) is 0 Å². The van der Waals surface area contributed by atoms with Crippen molar-refractivity contribution in [2.24, 2.45) is 0 Å². The first-order valence-corrected chi connectivity index (χ1v) is 16.4. The first kappa shape index (κ1) is 27.1. The van der Waals surface area contributed by atoms with Gasteiger partial charge in [-0.3, -0.25) is 4.57 Å². The summed E-state index contributed by atoms with van der Waals surface area (Å²) >= 11 is 8.34. The fourth-order valence-electron chi connectivity index (χ4n) is 6.36. The molecule has 0 saturated heterocycles. The molecule has 0 fully saturated rings. The van der Waals surface area contributed by atoms with E-state index in [-0.39, 0.29) is 0 Å². The third-order valence-electron chi connectivity index (χ3n) is 8.62. The minimum Gasteiger partial charge on any atom is -0.278 e. The molecule has 0 unspecified atom stereocenters. The summed E-state index contributed by atoms with van der Waals surface area (Å²) in [5, 5.41) is 3.14. The van der Waals surface area contributed by atoms with E-state index in [0.29, 0.717) is 17.6 Å². The third-order valence-corrected chi connectivity index (χ3v) is 10.2. The van der Waals surface area contributed by atoms with E-state index in [9.17, 15) is 0 Å². The van der Waals surface area contributed by atoms with Crippen LogP contribution in [0.15, 0.2) is 149 Å². The van der Waals surface area contributed by atoms with Crippen molar-refractivity contribution in [3.8, 4) is 39.9 Å². The predicted octanol–water partition coefficient (Wildman–Crippen LogP) is 10.7. The standard InChI is InChI=1S/C40H25ClN4S/c41-33-15-9-17-36-32(33)23-29-19-18-28(24-37(29)46-36)27-20-21-35-31(22-27)30-14-7-8-16-34(30)45(35)40-43-38(25-10-3-1-4-11-25)42-39(44-40)26-12-5-2-6-13-26/h1-22,24H,23H2. The number of nitrogens with zero attached hydrogens (tertiary/aromatic N) is 4. The van der Waals surface area contributed by atoms with Gasteiger partial charge in [0.25, 0.3) is 0 Å². The average molecular weight is 629 g/mol. The molecule has 6 aromatic carbocycles. The second-order valence-electron chi connectivity index (χ2n) is 11.4. The van der Waals surface area contributed by atoms with Crippen molar-refractivity contribution in [1.82, 2.24) is 19.5 Å². The average Bonchev–Trinajstić information content (AvgIpc) is 3.45. The highest BCUT2D eigenvalue weighted by Crippen LogP contribution is 2.44. The fourth-order valence-corrected chi connectivity index (χ4v) is 7.80. The van der Waals surface area contributed by atoms with Crippen molar-refractivity contribution < 1.29 is 0 Å². The van der Waals surface area contributed by atoms with Crippen LogP contribution in [0.3, 0.4) is 0 Å². The number of fused-ring (bicyclic) bond motifs is 5. The highest BCUT2D eigenvalue weighted by molar-refractivity contribution is 7.99. The van der Waals surface area contributed by atoms with Crippen LogP contribution in [-0.4, -0.2) is 19.5 Å². The van der Waals surface area contributed by atoms with E-state index in [4.69, 9.17) is 26.6 Å². The number of hydrogen-bond acceptors (Lipinski definition) is 4. The molecule has 2 aromatic heterocycles. The van der Waals surface area contributed by atoms with Crippen LogP contribution < -0.4 is 0 Å². The third kappa shape index (κ3) is 4.59. The van der Waals surface area contributed by atoms with Crippen molar-refractivity contribution in [1.29, 1.82) is 0 Å². The molecule has 46 heavy (non-hydrogen) atoms. The van der Waals surface area contributed by atoms with Gasteiger partial charge in [0.05, 0.1) is 11.0 Å². The van der Waals surface area contributed by atoms with Crippen LogP contribution in [0.25, 0.3) is 61.7 Å². The summed E-state index contributed by atoms with van der Waals surface area (Å²) in [6.07, 6.45) is 0.853. The molecule has 0 atom stereocenters. The summed E-state index contributed by atoms with van der Waals surface area (Å²) in [7, 11) is 0. The van der Waals surface area contributed by atoms with Crippen LogP contribution in [0.4, 0.5) is 0 Å². The Balaban J connectivity index is 1.20. The largest absolute Gasteiger partial charge is 0.278 e. The lowest BCUT2D eigenvalue weighted by Crippen LogP contribution is -2.06. The van der Waals surface area contributed by atoms with E-state index < -0.39 is 0 Å². The number of hydrogen-bond donors (Lipinski definition) is 0. The van der Waals surface area contributed by atoms with Gasteiger partial charge in [0, 0.05) is 43.1 Å². The van der Waals surface area contributed by atoms with E-state index in [2.05, 4.69) is 71.3 Å². The summed E-state index contributed by atoms with van der Waals surface area (Å²) in [6, 6.07) is 48.3. The highest BCUT2D eigenvalue weighted by Gasteiger charge is 2.21. The molecular formula is C40H25ClN4S. The first-order valence-electron chi connectivity index (χ1n) is 15.2. The van der Waals surface area contributed by atoms with Crippen LogP contribution in [0, 0.1) is 0 Å². The van der Waals surface area contributed by atoms with Crippen molar-refractivity contribution in [2.75, 3.05) is 0 Å². The van der Waals surface area contributed by atoms with E-state index in [0.717, 1.165) is 44.4 Å². The van der Waals surface area contributed by atoms with E-state index in [1.165, 1.54) is 32.0 Å². The molecule has 8 aromatic rings. The summed E-state index contributed by atoms with van der Waals surface area (Å²) in [5.41, 5.74) is 8.87. The molecule has 0 spiro atoms. The van der Waals surface area contributed by atoms with Gasteiger partial charge in [-0.2, -0.15) is 9.97 Å². The monoisotopic (exact) mass is 628 g/mol. The Morgan fingerprint density at radius 2 is 1.17 bits per heavy atom. The summed E-state index contributed by atoms with van der Waals surface area (Å²) in [5.74, 6) is 1.87. The second kappa shape index (κ2) is 11.0. The van der Waals surface area contributed by atoms with Gasteiger partial charge in [0.15, 0.2) is 11.6 Å². The molecule has 0 amide bonds. The Hall–Kier alpha value is -5.23. The summed E-state index contributed by atoms with van der Waals surface area (Å²) in [6.45, 7) is 0. The Morgan fingerprint density at radius 1 is 0.522 bits per heavy atom. The van der Waals surface area contributed by atoms with Gasteiger partial charge in [0.1, 0.15) is 0 Å². The van der Waals surface area contributed by atoms with Crippen LogP contribution in [0.2, 0.25) is 5.02 Å². The predicted molar refractivity (Wildman–Crippen MR) is 189 cm³/mol. The Labute approximate surface area is 275 Å². The maximum absolute atomic E-state index is 6.54. The van der Waals surface area contributed by atoms with Crippen molar-refractivity contribution in [3.05, 3.63) is 156 Å². The van der Waals surface area contributed by atoms with E-state index >= 15 is 0 Å². The molecule has 6 heteroatoms. The van der Waals surface area contributed by atoms with Crippen molar-refractivity contribution >= 4 is 45.2 Å².